The van der Waals surface area contributed by atoms with E-state index in [1.54, 1.807) is 30.3 Å². The molecule has 0 aliphatic carbocycles. The second-order valence-corrected chi connectivity index (χ2v) is 10.8. The van der Waals surface area contributed by atoms with Gasteiger partial charge in [-0.05, 0) is 73.9 Å². The number of benzene rings is 2. The summed E-state index contributed by atoms with van der Waals surface area (Å²) >= 11 is 6.11. The Bertz CT molecular complexity index is 1550. The van der Waals surface area contributed by atoms with Crippen molar-refractivity contribution in [3.05, 3.63) is 89.2 Å². The number of amides is 2. The number of carbonyl (C=O) groups excluding carboxylic acids is 2. The quantitative estimate of drug-likeness (QED) is 0.188. The first-order valence-electron chi connectivity index (χ1n) is 13.0. The van der Waals surface area contributed by atoms with E-state index in [4.69, 9.17) is 16.3 Å². The summed E-state index contributed by atoms with van der Waals surface area (Å²) in [5, 5.41) is 3.77. The summed E-state index contributed by atoms with van der Waals surface area (Å²) in [5.41, 5.74) is 0.223. The number of hydrogen-bond donors (Lipinski definition) is 1. The summed E-state index contributed by atoms with van der Waals surface area (Å²) in [6.07, 6.45) is 1.84. The zero-order chi connectivity index (χ0) is 29.3. The number of nitrogens with zero attached hydrogens (tertiary/aromatic N) is 3. The molecule has 0 unspecified atom stereocenters. The van der Waals surface area contributed by atoms with Crippen molar-refractivity contribution in [2.45, 2.75) is 44.7 Å². The predicted octanol–water partition coefficient (Wildman–Crippen LogP) is 6.55. The van der Waals surface area contributed by atoms with Crippen LogP contribution in [0.3, 0.4) is 0 Å². The highest BCUT2D eigenvalue weighted by Gasteiger charge is 2.41. The van der Waals surface area contributed by atoms with Crippen molar-refractivity contribution < 1.29 is 27.5 Å². The van der Waals surface area contributed by atoms with E-state index >= 15 is 0 Å². The minimum atomic E-state index is -3.41. The van der Waals surface area contributed by atoms with Crippen LogP contribution in [-0.2, 0) is 9.53 Å². The van der Waals surface area contributed by atoms with Gasteiger partial charge in [-0.2, -0.15) is 8.78 Å². The Morgan fingerprint density at radius 1 is 1.15 bits per heavy atom. The molecule has 3 heterocycles. The molecule has 214 valence electrons. The molecule has 1 aliphatic heterocycles. The number of alkyl halides is 3. The van der Waals surface area contributed by atoms with Gasteiger partial charge in [0.15, 0.2) is 5.67 Å². The molecule has 0 spiro atoms. The smallest absolute Gasteiger partial charge is 0.319 e. The van der Waals surface area contributed by atoms with E-state index in [1.165, 1.54) is 24.5 Å². The third-order valence-electron chi connectivity index (χ3n) is 7.01. The second kappa shape index (κ2) is 11.5. The molecular weight excluding hydrogens is 557 g/mol. The fraction of sp³-hybridized carbons (Fsp3) is 0.300. The maximum Gasteiger partial charge on any atom is 0.319 e. The molecule has 0 saturated carbocycles. The zero-order valence-electron chi connectivity index (χ0n) is 22.4. The van der Waals surface area contributed by atoms with Crippen LogP contribution in [0.15, 0.2) is 73.1 Å². The first kappa shape index (κ1) is 28.6. The Hall–Kier alpha value is -3.89. The van der Waals surface area contributed by atoms with Gasteiger partial charge in [-0.15, -0.1) is 0 Å². The third kappa shape index (κ3) is 5.94. The third-order valence-corrected chi connectivity index (χ3v) is 7.26. The highest BCUT2D eigenvalue weighted by Crippen LogP contribution is 2.37. The molecule has 1 fully saturated rings. The summed E-state index contributed by atoms with van der Waals surface area (Å²) in [6, 6.07) is 17.2. The average Bonchev–Trinajstić information content (AvgIpc) is 3.60. The minimum absolute atomic E-state index is 0.0385. The van der Waals surface area contributed by atoms with Gasteiger partial charge in [0, 0.05) is 40.6 Å². The molecule has 1 saturated heterocycles. The van der Waals surface area contributed by atoms with Gasteiger partial charge < -0.3 is 14.6 Å². The number of carbonyl (C=O) groups is 2. The Morgan fingerprint density at radius 2 is 1.90 bits per heavy atom. The number of pyridine rings is 1. The van der Waals surface area contributed by atoms with Gasteiger partial charge in [-0.3, -0.25) is 19.5 Å². The lowest BCUT2D eigenvalue weighted by atomic mass is 10.1. The molecule has 1 aliphatic rings. The Labute approximate surface area is 239 Å². The largest absolute Gasteiger partial charge is 0.379 e. The van der Waals surface area contributed by atoms with Crippen LogP contribution in [0.4, 0.5) is 13.2 Å². The van der Waals surface area contributed by atoms with Crippen LogP contribution in [-0.4, -0.2) is 51.7 Å². The summed E-state index contributed by atoms with van der Waals surface area (Å²) in [6.45, 7) is -0.492. The van der Waals surface area contributed by atoms with Gasteiger partial charge in [0.25, 0.3) is 11.8 Å². The van der Waals surface area contributed by atoms with E-state index in [-0.39, 0.29) is 22.1 Å². The van der Waals surface area contributed by atoms with E-state index in [0.29, 0.717) is 23.6 Å². The molecule has 4 aromatic rings. The number of fused-ring (bicyclic) bond motifs is 1. The van der Waals surface area contributed by atoms with Crippen molar-refractivity contribution >= 4 is 34.3 Å². The van der Waals surface area contributed by atoms with Gasteiger partial charge in [0.1, 0.15) is 6.17 Å². The lowest BCUT2D eigenvalue weighted by molar-refractivity contribution is -0.162. The summed E-state index contributed by atoms with van der Waals surface area (Å²) in [4.78, 5) is 30.0. The number of hydrogen-bond acceptors (Lipinski definition) is 4. The van der Waals surface area contributed by atoms with Crippen LogP contribution in [0.5, 0.6) is 0 Å². The van der Waals surface area contributed by atoms with Gasteiger partial charge in [0.05, 0.1) is 18.2 Å². The summed E-state index contributed by atoms with van der Waals surface area (Å²) < 4.78 is 51.4. The molecule has 41 heavy (non-hydrogen) atoms. The van der Waals surface area contributed by atoms with E-state index in [2.05, 4.69) is 14.9 Å². The number of halogens is 4. The first-order chi connectivity index (χ1) is 19.5. The highest BCUT2D eigenvalue weighted by molar-refractivity contribution is 6.30. The predicted molar refractivity (Wildman–Crippen MR) is 149 cm³/mol. The van der Waals surface area contributed by atoms with Crippen LogP contribution < -0.4 is 5.32 Å². The Kier molecular flexibility index (Phi) is 8.06. The van der Waals surface area contributed by atoms with E-state index in [0.717, 1.165) is 37.0 Å². The zero-order valence-corrected chi connectivity index (χ0v) is 23.1. The molecule has 0 radical (unpaired) electrons. The fourth-order valence-electron chi connectivity index (χ4n) is 5.03. The maximum absolute atomic E-state index is 14.8. The first-order valence-corrected chi connectivity index (χ1v) is 13.4. The molecule has 1 N–H and O–H groups in total. The van der Waals surface area contributed by atoms with E-state index in [1.807, 2.05) is 18.2 Å². The van der Waals surface area contributed by atoms with Crippen LogP contribution in [0.2, 0.25) is 5.02 Å². The molecule has 7 nitrogen and oxygen atoms in total. The second-order valence-electron chi connectivity index (χ2n) is 10.3. The van der Waals surface area contributed by atoms with E-state index in [9.17, 15) is 22.8 Å². The van der Waals surface area contributed by atoms with Crippen LogP contribution >= 0.6 is 11.6 Å². The average molecular weight is 585 g/mol. The number of aromatic nitrogens is 2. The molecule has 5 rings (SSSR count). The van der Waals surface area contributed by atoms with Crippen LogP contribution in [0.25, 0.3) is 22.2 Å². The van der Waals surface area contributed by atoms with Crippen LogP contribution in [0, 0.1) is 0 Å². The highest BCUT2D eigenvalue weighted by atomic mass is 35.5. The van der Waals surface area contributed by atoms with Gasteiger partial charge in [-0.1, -0.05) is 29.8 Å². The molecule has 2 atom stereocenters. The monoisotopic (exact) mass is 584 g/mol. The van der Waals surface area contributed by atoms with E-state index < -0.39 is 30.2 Å². The van der Waals surface area contributed by atoms with Crippen molar-refractivity contribution in [3.63, 3.8) is 0 Å². The molecule has 11 heteroatoms. The van der Waals surface area contributed by atoms with Gasteiger partial charge in [0.2, 0.25) is 0 Å². The fourth-order valence-corrected chi connectivity index (χ4v) is 5.16. The van der Waals surface area contributed by atoms with Gasteiger partial charge >= 0.3 is 6.55 Å². The van der Waals surface area contributed by atoms with Crippen molar-refractivity contribution in [1.82, 2.24) is 19.8 Å². The molecule has 2 aromatic heterocycles. The standard InChI is InChI=1S/C30H28ClF3N4O3/c1-30(2,34)28(40)38(29(32)33)26(36-27(39)20-4-3-12-35-16-20)19-7-10-24-21(14-19)15-25(18-5-8-22(31)9-6-18)37(24)23-11-13-41-17-23/h3-10,12,14-16,23,26,29H,11,13,17H2,1-2H3,(H,36,39)/t23-,26-/m0/s1. The minimum Gasteiger partial charge on any atom is -0.379 e. The topological polar surface area (TPSA) is 76.5 Å². The van der Waals surface area contributed by atoms with Crippen LogP contribution in [0.1, 0.15) is 48.4 Å². The van der Waals surface area contributed by atoms with Crippen molar-refractivity contribution in [2.75, 3.05) is 13.2 Å². The number of nitrogens with one attached hydrogen (secondary N) is 1. The Balaban J connectivity index is 1.64. The van der Waals surface area contributed by atoms with Gasteiger partial charge in [-0.25, -0.2) is 4.39 Å². The lowest BCUT2D eigenvalue weighted by Crippen LogP contribution is -2.52. The molecule has 2 amide bonds. The summed E-state index contributed by atoms with van der Waals surface area (Å²) in [5.74, 6) is -2.22. The normalized spacial score (nSPS) is 16.2. The number of rotatable bonds is 8. The maximum atomic E-state index is 14.8. The van der Waals surface area contributed by atoms with Crippen molar-refractivity contribution in [1.29, 1.82) is 0 Å². The molecular formula is C30H28ClF3N4O3. The Morgan fingerprint density at radius 3 is 2.51 bits per heavy atom. The molecule has 0 bridgehead atoms. The summed E-state index contributed by atoms with van der Waals surface area (Å²) in [7, 11) is 0. The molecule has 2 aromatic carbocycles. The van der Waals surface area contributed by atoms with Crippen molar-refractivity contribution in [3.8, 4) is 11.3 Å². The lowest BCUT2D eigenvalue weighted by Gasteiger charge is -2.34. The SMILES string of the molecule is CC(C)(F)C(=O)N(C(F)F)[C@H](NC(=O)c1cccnc1)c1ccc2c(c1)cc(-c1ccc(Cl)cc1)n2[C@H]1CCOC1. The number of ether oxygens (including phenoxy) is 1. The van der Waals surface area contributed by atoms with Crippen molar-refractivity contribution in [2.24, 2.45) is 0 Å².